The summed E-state index contributed by atoms with van der Waals surface area (Å²) in [6.45, 7) is 6.38. The first-order chi connectivity index (χ1) is 11.7. The highest BCUT2D eigenvalue weighted by Crippen LogP contribution is 2.31. The SMILES string of the molecule is CC(C)(C)OC(=O)N1CCc2sc3nc(C(=O)O)[nH]c(=O)c3c2CC1. The fraction of sp³-hybridized carbons (Fsp3) is 0.500. The molecule has 0 saturated heterocycles. The van der Waals surface area contributed by atoms with Gasteiger partial charge in [0.05, 0.1) is 5.39 Å². The van der Waals surface area contributed by atoms with E-state index in [9.17, 15) is 14.4 Å². The molecule has 3 heterocycles. The number of ether oxygens (including phenoxy) is 1. The fourth-order valence-corrected chi connectivity index (χ4v) is 3.99. The molecule has 2 N–H and O–H groups in total. The van der Waals surface area contributed by atoms with Crippen LogP contribution in [0, 0.1) is 0 Å². The highest BCUT2D eigenvalue weighted by Gasteiger charge is 2.27. The minimum Gasteiger partial charge on any atom is -0.475 e. The summed E-state index contributed by atoms with van der Waals surface area (Å²) in [5.41, 5.74) is -0.169. The first-order valence-corrected chi connectivity index (χ1v) is 8.73. The van der Waals surface area contributed by atoms with Gasteiger partial charge in [0.2, 0.25) is 5.82 Å². The summed E-state index contributed by atoms with van der Waals surface area (Å²) in [6, 6.07) is 0. The van der Waals surface area contributed by atoms with E-state index in [0.29, 0.717) is 36.1 Å². The number of nitrogens with zero attached hydrogens (tertiary/aromatic N) is 2. The van der Waals surface area contributed by atoms with Crippen LogP contribution in [0.5, 0.6) is 0 Å². The molecule has 1 aliphatic rings. The molecule has 25 heavy (non-hydrogen) atoms. The van der Waals surface area contributed by atoms with E-state index in [4.69, 9.17) is 9.84 Å². The first kappa shape index (κ1) is 17.4. The Bertz CT molecular complexity index is 909. The molecule has 1 aliphatic heterocycles. The summed E-state index contributed by atoms with van der Waals surface area (Å²) >= 11 is 1.31. The highest BCUT2D eigenvalue weighted by atomic mass is 32.1. The Balaban J connectivity index is 1.90. The molecule has 0 fully saturated rings. The van der Waals surface area contributed by atoms with Crippen molar-refractivity contribution in [2.75, 3.05) is 13.1 Å². The smallest absolute Gasteiger partial charge is 0.410 e. The Morgan fingerprint density at radius 1 is 1.28 bits per heavy atom. The summed E-state index contributed by atoms with van der Waals surface area (Å²) in [4.78, 5) is 44.9. The molecule has 0 radical (unpaired) electrons. The van der Waals surface area contributed by atoms with Crippen LogP contribution >= 0.6 is 11.3 Å². The Morgan fingerprint density at radius 2 is 1.96 bits per heavy atom. The lowest BCUT2D eigenvalue weighted by atomic mass is 10.1. The Morgan fingerprint density at radius 3 is 2.60 bits per heavy atom. The number of hydrogen-bond donors (Lipinski definition) is 2. The molecule has 0 bridgehead atoms. The zero-order chi connectivity index (χ0) is 18.4. The largest absolute Gasteiger partial charge is 0.475 e. The predicted molar refractivity (Wildman–Crippen MR) is 92.4 cm³/mol. The number of carbonyl (C=O) groups is 2. The monoisotopic (exact) mass is 365 g/mol. The molecule has 0 aliphatic carbocycles. The van der Waals surface area contributed by atoms with E-state index in [1.165, 1.54) is 11.3 Å². The van der Waals surface area contributed by atoms with Gasteiger partial charge in [-0.25, -0.2) is 14.6 Å². The minimum atomic E-state index is -1.27. The van der Waals surface area contributed by atoms with Crippen LogP contribution in [0.2, 0.25) is 0 Å². The molecular formula is C16H19N3O5S. The topological polar surface area (TPSA) is 113 Å². The van der Waals surface area contributed by atoms with E-state index >= 15 is 0 Å². The summed E-state index contributed by atoms with van der Waals surface area (Å²) in [5.74, 6) is -1.62. The number of amides is 1. The molecule has 2 aromatic heterocycles. The Kier molecular flexibility index (Phi) is 4.28. The average Bonchev–Trinajstić information content (AvgIpc) is 2.70. The van der Waals surface area contributed by atoms with Crippen LogP contribution in [-0.2, 0) is 17.6 Å². The minimum absolute atomic E-state index is 0.357. The van der Waals surface area contributed by atoms with E-state index in [1.54, 1.807) is 4.90 Å². The number of fused-ring (bicyclic) bond motifs is 3. The Labute approximate surface area is 147 Å². The molecule has 9 heteroatoms. The van der Waals surface area contributed by atoms with E-state index in [1.807, 2.05) is 20.8 Å². The zero-order valence-corrected chi connectivity index (χ0v) is 15.0. The number of rotatable bonds is 1. The number of carbonyl (C=O) groups excluding carboxylic acids is 1. The number of aromatic carboxylic acids is 1. The molecule has 2 aromatic rings. The number of aromatic nitrogens is 2. The number of H-pyrrole nitrogens is 1. The van der Waals surface area contributed by atoms with Crippen molar-refractivity contribution in [2.45, 2.75) is 39.2 Å². The van der Waals surface area contributed by atoms with Crippen molar-refractivity contribution in [1.29, 1.82) is 0 Å². The lowest BCUT2D eigenvalue weighted by molar-refractivity contribution is 0.0258. The fourth-order valence-electron chi connectivity index (χ4n) is 2.78. The summed E-state index contributed by atoms with van der Waals surface area (Å²) in [6.07, 6.45) is 0.718. The van der Waals surface area contributed by atoms with E-state index in [2.05, 4.69) is 9.97 Å². The lowest BCUT2D eigenvalue weighted by Crippen LogP contribution is -2.38. The quantitative estimate of drug-likeness (QED) is 0.799. The third kappa shape index (κ3) is 3.51. The second-order valence-electron chi connectivity index (χ2n) is 6.87. The number of hydrogen-bond acceptors (Lipinski definition) is 6. The van der Waals surface area contributed by atoms with E-state index in [-0.39, 0.29) is 11.9 Å². The summed E-state index contributed by atoms with van der Waals surface area (Å²) in [7, 11) is 0. The normalized spacial score (nSPS) is 14.9. The van der Waals surface area contributed by atoms with Crippen LogP contribution in [0.25, 0.3) is 10.2 Å². The van der Waals surface area contributed by atoms with Gasteiger partial charge in [0.25, 0.3) is 5.56 Å². The van der Waals surface area contributed by atoms with Crippen molar-refractivity contribution in [2.24, 2.45) is 0 Å². The number of carboxylic acids is 1. The molecule has 1 amide bonds. The first-order valence-electron chi connectivity index (χ1n) is 7.91. The highest BCUT2D eigenvalue weighted by molar-refractivity contribution is 7.18. The van der Waals surface area contributed by atoms with Crippen LogP contribution in [0.1, 0.15) is 41.8 Å². The van der Waals surface area contributed by atoms with Crippen molar-refractivity contribution in [3.8, 4) is 0 Å². The number of thiophene rings is 1. The lowest BCUT2D eigenvalue weighted by Gasteiger charge is -2.26. The number of nitrogens with one attached hydrogen (secondary N) is 1. The maximum atomic E-state index is 12.3. The molecule has 134 valence electrons. The van der Waals surface area contributed by atoms with Gasteiger partial charge in [0, 0.05) is 18.0 Å². The van der Waals surface area contributed by atoms with Crippen LogP contribution in [0.4, 0.5) is 4.79 Å². The molecule has 8 nitrogen and oxygen atoms in total. The van der Waals surface area contributed by atoms with Crippen LogP contribution in [0.15, 0.2) is 4.79 Å². The van der Waals surface area contributed by atoms with Crippen molar-refractivity contribution >= 4 is 33.6 Å². The predicted octanol–water partition coefficient (Wildman–Crippen LogP) is 2.02. The second kappa shape index (κ2) is 6.14. The van der Waals surface area contributed by atoms with Crippen LogP contribution in [0.3, 0.4) is 0 Å². The van der Waals surface area contributed by atoms with Gasteiger partial charge in [-0.1, -0.05) is 0 Å². The van der Waals surface area contributed by atoms with Gasteiger partial charge in [-0.15, -0.1) is 11.3 Å². The molecule has 0 saturated carbocycles. The van der Waals surface area contributed by atoms with Gasteiger partial charge >= 0.3 is 12.1 Å². The van der Waals surface area contributed by atoms with Crippen molar-refractivity contribution < 1.29 is 19.4 Å². The maximum absolute atomic E-state index is 12.3. The number of carboxylic acid groups (broad SMARTS) is 1. The molecular weight excluding hydrogens is 346 g/mol. The molecule has 0 spiro atoms. The second-order valence-corrected chi connectivity index (χ2v) is 7.95. The van der Waals surface area contributed by atoms with Crippen molar-refractivity contribution in [3.05, 3.63) is 26.6 Å². The van der Waals surface area contributed by atoms with Gasteiger partial charge in [-0.05, 0) is 39.2 Å². The zero-order valence-electron chi connectivity index (χ0n) is 14.2. The van der Waals surface area contributed by atoms with Gasteiger partial charge < -0.3 is 19.7 Å². The van der Waals surface area contributed by atoms with Crippen molar-refractivity contribution in [1.82, 2.24) is 14.9 Å². The molecule has 0 atom stereocenters. The van der Waals surface area contributed by atoms with Crippen molar-refractivity contribution in [3.63, 3.8) is 0 Å². The van der Waals surface area contributed by atoms with Crippen LogP contribution in [-0.4, -0.2) is 50.7 Å². The van der Waals surface area contributed by atoms with Gasteiger partial charge in [0.1, 0.15) is 10.4 Å². The third-order valence-corrected chi connectivity index (χ3v) is 5.02. The molecule has 0 unspecified atom stereocenters. The third-order valence-electron chi connectivity index (χ3n) is 3.84. The summed E-state index contributed by atoms with van der Waals surface area (Å²) < 4.78 is 5.41. The summed E-state index contributed by atoms with van der Waals surface area (Å²) in [5, 5.41) is 9.45. The number of aromatic amines is 1. The molecule has 0 aromatic carbocycles. The van der Waals surface area contributed by atoms with E-state index < -0.39 is 17.1 Å². The average molecular weight is 365 g/mol. The van der Waals surface area contributed by atoms with Crippen LogP contribution < -0.4 is 5.56 Å². The van der Waals surface area contributed by atoms with E-state index in [0.717, 1.165) is 10.4 Å². The van der Waals surface area contributed by atoms with Gasteiger partial charge in [-0.2, -0.15) is 0 Å². The van der Waals surface area contributed by atoms with Gasteiger partial charge in [0.15, 0.2) is 0 Å². The van der Waals surface area contributed by atoms with Gasteiger partial charge in [-0.3, -0.25) is 4.79 Å². The molecule has 3 rings (SSSR count). The maximum Gasteiger partial charge on any atom is 0.410 e. The Hall–Kier alpha value is -2.42. The standard InChI is InChI=1S/C16H19N3O5S/c1-16(2,3)24-15(23)19-6-4-8-9(5-7-19)25-13-10(8)12(20)17-11(18-13)14(21)22/h4-7H2,1-3H3,(H,21,22)(H,17,18,20).